The first kappa shape index (κ1) is 21.2. The van der Waals surface area contributed by atoms with Gasteiger partial charge in [0.25, 0.3) is 0 Å². The average molecular weight is 430 g/mol. The molecule has 10 nitrogen and oxygen atoms in total. The van der Waals surface area contributed by atoms with Crippen molar-refractivity contribution in [1.82, 2.24) is 25.0 Å². The number of hydrogen-bond donors (Lipinski definition) is 2. The average Bonchev–Trinajstić information content (AvgIpc) is 3.08. The van der Waals surface area contributed by atoms with Crippen molar-refractivity contribution in [3.8, 4) is 11.4 Å². The lowest BCUT2D eigenvalue weighted by Crippen LogP contribution is -2.18. The summed E-state index contributed by atoms with van der Waals surface area (Å²) in [6, 6.07) is 6.80. The van der Waals surface area contributed by atoms with Crippen LogP contribution in [0.15, 0.2) is 36.7 Å². The number of pyridine rings is 2. The van der Waals surface area contributed by atoms with E-state index in [-0.39, 0.29) is 11.1 Å². The summed E-state index contributed by atoms with van der Waals surface area (Å²) in [5.41, 5.74) is 1.97. The van der Waals surface area contributed by atoms with Crippen molar-refractivity contribution in [2.24, 2.45) is 7.05 Å². The van der Waals surface area contributed by atoms with Gasteiger partial charge in [-0.3, -0.25) is 15.1 Å². The molecule has 3 rings (SSSR count). The Morgan fingerprint density at radius 3 is 2.70 bits per heavy atom. The fourth-order valence-electron chi connectivity index (χ4n) is 2.58. The molecule has 30 heavy (non-hydrogen) atoms. The molecule has 3 aromatic rings. The highest BCUT2D eigenvalue weighted by Gasteiger charge is 2.20. The number of ether oxygens (including phenoxy) is 1. The lowest BCUT2D eigenvalue weighted by Gasteiger charge is -2.15. The molecule has 3 heterocycles. The van der Waals surface area contributed by atoms with E-state index in [1.54, 1.807) is 51.4 Å². The van der Waals surface area contributed by atoms with Gasteiger partial charge in [0.2, 0.25) is 5.91 Å². The maximum atomic E-state index is 12.4. The van der Waals surface area contributed by atoms with Crippen molar-refractivity contribution in [3.63, 3.8) is 0 Å². The maximum absolute atomic E-state index is 12.4. The van der Waals surface area contributed by atoms with Crippen molar-refractivity contribution < 1.29 is 14.3 Å². The Balaban J connectivity index is 1.73. The number of anilines is 2. The zero-order valence-corrected chi connectivity index (χ0v) is 17.3. The van der Waals surface area contributed by atoms with E-state index in [0.29, 0.717) is 34.9 Å². The topological polar surface area (TPSA) is 124 Å². The summed E-state index contributed by atoms with van der Waals surface area (Å²) in [4.78, 5) is 32.2. The second kappa shape index (κ2) is 9.31. The van der Waals surface area contributed by atoms with E-state index in [1.807, 2.05) is 0 Å². The van der Waals surface area contributed by atoms with Crippen molar-refractivity contribution in [3.05, 3.63) is 47.4 Å². The van der Waals surface area contributed by atoms with Crippen molar-refractivity contribution in [2.75, 3.05) is 10.6 Å². The number of rotatable bonds is 6. The molecule has 11 heteroatoms. The third kappa shape index (κ3) is 4.90. The van der Waals surface area contributed by atoms with E-state index < -0.39 is 12.2 Å². The van der Waals surface area contributed by atoms with Gasteiger partial charge in [-0.05, 0) is 25.1 Å². The second-order valence-corrected chi connectivity index (χ2v) is 6.66. The number of carbonyl (C=O) groups excluding carboxylic acids is 2. The van der Waals surface area contributed by atoms with Gasteiger partial charge in [-0.1, -0.05) is 29.8 Å². The van der Waals surface area contributed by atoms with Crippen LogP contribution in [0.1, 0.15) is 31.9 Å². The number of nitrogens with zero attached hydrogens (tertiary/aromatic N) is 5. The van der Waals surface area contributed by atoms with Crippen LogP contribution in [0.3, 0.4) is 0 Å². The Hall–Kier alpha value is -3.53. The minimum Gasteiger partial charge on any atom is -0.441 e. The fourth-order valence-corrected chi connectivity index (χ4v) is 2.85. The summed E-state index contributed by atoms with van der Waals surface area (Å²) in [6.07, 6.45) is 2.10. The zero-order chi connectivity index (χ0) is 21.7. The highest BCUT2D eigenvalue weighted by Crippen LogP contribution is 2.26. The molecule has 0 aromatic carbocycles. The molecule has 0 bridgehead atoms. The highest BCUT2D eigenvalue weighted by atomic mass is 35.5. The smallest absolute Gasteiger partial charge is 0.413 e. The van der Waals surface area contributed by atoms with Crippen LogP contribution in [0.4, 0.5) is 16.3 Å². The first-order chi connectivity index (χ1) is 14.4. The quantitative estimate of drug-likeness (QED) is 0.573. The summed E-state index contributed by atoms with van der Waals surface area (Å²) in [7, 11) is 1.63. The van der Waals surface area contributed by atoms with E-state index >= 15 is 0 Å². The summed E-state index contributed by atoms with van der Waals surface area (Å²) in [5, 5.41) is 13.6. The third-order valence-electron chi connectivity index (χ3n) is 4.17. The van der Waals surface area contributed by atoms with Gasteiger partial charge in [0.15, 0.2) is 11.5 Å². The molecule has 2 N–H and O–H groups in total. The van der Waals surface area contributed by atoms with E-state index in [1.165, 1.54) is 10.9 Å². The number of nitrogens with one attached hydrogen (secondary N) is 2. The molecule has 2 amide bonds. The zero-order valence-electron chi connectivity index (χ0n) is 16.6. The van der Waals surface area contributed by atoms with Gasteiger partial charge in [0.1, 0.15) is 11.3 Å². The first-order valence-electron chi connectivity index (χ1n) is 9.13. The number of amides is 2. The number of carbonyl (C=O) groups is 2. The number of aromatic nitrogens is 5. The Morgan fingerprint density at radius 1 is 1.23 bits per heavy atom. The molecule has 0 aliphatic rings. The van der Waals surface area contributed by atoms with Crippen molar-refractivity contribution >= 4 is 35.1 Å². The van der Waals surface area contributed by atoms with E-state index in [4.69, 9.17) is 16.3 Å². The minimum absolute atomic E-state index is 0.114. The molecule has 0 fully saturated rings. The molecule has 0 aliphatic carbocycles. The van der Waals surface area contributed by atoms with Gasteiger partial charge in [-0.25, -0.2) is 14.5 Å². The Morgan fingerprint density at radius 2 is 2.03 bits per heavy atom. The van der Waals surface area contributed by atoms with E-state index in [9.17, 15) is 9.59 Å². The Kier molecular flexibility index (Phi) is 6.58. The first-order valence-corrected chi connectivity index (χ1v) is 9.50. The van der Waals surface area contributed by atoms with Crippen LogP contribution in [-0.4, -0.2) is 37.0 Å². The summed E-state index contributed by atoms with van der Waals surface area (Å²) in [5.74, 6) is 0.194. The lowest BCUT2D eigenvalue weighted by atomic mass is 10.2. The molecule has 0 aliphatic heterocycles. The number of halogens is 1. The molecule has 0 saturated heterocycles. The summed E-state index contributed by atoms with van der Waals surface area (Å²) in [6.45, 7) is 3.45. The Labute approximate surface area is 177 Å². The molecule has 0 unspecified atom stereocenters. The fraction of sp³-hybridized carbons (Fsp3) is 0.263. The number of aryl methyl sites for hydroxylation is 1. The van der Waals surface area contributed by atoms with Gasteiger partial charge in [-0.2, -0.15) is 0 Å². The SMILES string of the molecule is CCC(=O)Nc1ccc(-c2nnn(C)c2NC(=O)O[C@H](C)c2cccnc2Cl)nc1. The van der Waals surface area contributed by atoms with Gasteiger partial charge < -0.3 is 10.1 Å². The third-order valence-corrected chi connectivity index (χ3v) is 4.48. The van der Waals surface area contributed by atoms with Crippen LogP contribution in [0.2, 0.25) is 5.15 Å². The van der Waals surface area contributed by atoms with Gasteiger partial charge in [0, 0.05) is 25.2 Å². The molecule has 0 radical (unpaired) electrons. The molecule has 1 atom stereocenters. The van der Waals surface area contributed by atoms with Gasteiger partial charge in [0.05, 0.1) is 17.6 Å². The van der Waals surface area contributed by atoms with E-state index in [0.717, 1.165) is 0 Å². The predicted molar refractivity (Wildman–Crippen MR) is 111 cm³/mol. The normalized spacial score (nSPS) is 11.6. The van der Waals surface area contributed by atoms with Crippen LogP contribution in [0.25, 0.3) is 11.4 Å². The summed E-state index contributed by atoms with van der Waals surface area (Å²) < 4.78 is 6.80. The maximum Gasteiger partial charge on any atom is 0.413 e. The van der Waals surface area contributed by atoms with Crippen molar-refractivity contribution in [2.45, 2.75) is 26.4 Å². The van der Waals surface area contributed by atoms with Crippen LogP contribution in [0, 0.1) is 0 Å². The minimum atomic E-state index is -0.708. The molecule has 0 spiro atoms. The summed E-state index contributed by atoms with van der Waals surface area (Å²) >= 11 is 6.05. The van der Waals surface area contributed by atoms with Crippen LogP contribution in [0.5, 0.6) is 0 Å². The van der Waals surface area contributed by atoms with Crippen LogP contribution < -0.4 is 10.6 Å². The second-order valence-electron chi connectivity index (χ2n) is 6.30. The number of hydrogen-bond acceptors (Lipinski definition) is 7. The monoisotopic (exact) mass is 429 g/mol. The van der Waals surface area contributed by atoms with Gasteiger partial charge in [-0.15, -0.1) is 5.10 Å². The van der Waals surface area contributed by atoms with Crippen LogP contribution >= 0.6 is 11.6 Å². The van der Waals surface area contributed by atoms with Gasteiger partial charge >= 0.3 is 6.09 Å². The molecular formula is C19H20ClN7O3. The largest absolute Gasteiger partial charge is 0.441 e. The molecular weight excluding hydrogens is 410 g/mol. The standard InChI is InChI=1S/C19H20ClN7O3/c1-4-15(28)23-12-7-8-14(22-10-12)16-18(27(3)26-25-16)24-19(29)30-11(2)13-6-5-9-21-17(13)20/h5-11H,4H2,1-3H3,(H,23,28)(H,24,29)/t11-/m1/s1. The van der Waals surface area contributed by atoms with E-state index in [2.05, 4.69) is 30.9 Å². The lowest BCUT2D eigenvalue weighted by molar-refractivity contribution is -0.115. The molecule has 3 aromatic heterocycles. The molecule has 0 saturated carbocycles. The van der Waals surface area contributed by atoms with Crippen molar-refractivity contribution in [1.29, 1.82) is 0 Å². The predicted octanol–water partition coefficient (Wildman–Crippen LogP) is 3.58. The Bertz CT molecular complexity index is 1050. The van der Waals surface area contributed by atoms with Crippen LogP contribution in [-0.2, 0) is 16.6 Å². The molecule has 156 valence electrons. The highest BCUT2D eigenvalue weighted by molar-refractivity contribution is 6.30.